The van der Waals surface area contributed by atoms with Gasteiger partial charge in [-0.1, -0.05) is 13.8 Å². The fourth-order valence-corrected chi connectivity index (χ4v) is 6.68. The molecule has 2 rings (SSSR count). The Kier molecular flexibility index (Phi) is 5.17. The fourth-order valence-electron chi connectivity index (χ4n) is 2.58. The molecule has 2 N–H and O–H groups in total. The van der Waals surface area contributed by atoms with Gasteiger partial charge in [-0.3, -0.25) is 0 Å². The van der Waals surface area contributed by atoms with Gasteiger partial charge in [-0.15, -0.1) is 11.3 Å². The molecule has 2 unspecified atom stereocenters. The van der Waals surface area contributed by atoms with Gasteiger partial charge in [-0.2, -0.15) is 0 Å². The van der Waals surface area contributed by atoms with Gasteiger partial charge >= 0.3 is 0 Å². The van der Waals surface area contributed by atoms with E-state index in [-0.39, 0.29) is 17.6 Å². The highest BCUT2D eigenvalue weighted by molar-refractivity contribution is 9.11. The molecule has 0 aromatic carbocycles. The number of methoxy groups -OCH3 is 1. The largest absolute Gasteiger partial charge is 0.381 e. The number of thiophene rings is 1. The Hall–Kier alpha value is 0.01000. The summed E-state index contributed by atoms with van der Waals surface area (Å²) < 4.78 is 33.9. The molecule has 1 aliphatic carbocycles. The highest BCUT2D eigenvalue weighted by atomic mass is 79.9. The highest BCUT2D eigenvalue weighted by Crippen LogP contribution is 2.43. The van der Waals surface area contributed by atoms with Crippen molar-refractivity contribution < 1.29 is 13.2 Å². The number of ether oxygens (including phenoxy) is 1. The Balaban J connectivity index is 2.16. The molecule has 1 fully saturated rings. The van der Waals surface area contributed by atoms with Gasteiger partial charge in [0, 0.05) is 30.0 Å². The zero-order valence-corrected chi connectivity index (χ0v) is 15.8. The van der Waals surface area contributed by atoms with Gasteiger partial charge in [0.2, 0.25) is 10.0 Å². The van der Waals surface area contributed by atoms with E-state index in [2.05, 4.69) is 26.0 Å². The van der Waals surface area contributed by atoms with Crippen LogP contribution < -0.4 is 10.0 Å². The zero-order chi connectivity index (χ0) is 15.8. The fraction of sp³-hybridized carbons (Fsp3) is 0.692. The molecule has 0 bridgehead atoms. The van der Waals surface area contributed by atoms with Crippen LogP contribution in [0.25, 0.3) is 0 Å². The molecule has 1 aromatic heterocycles. The number of hydrogen-bond donors (Lipinski definition) is 2. The van der Waals surface area contributed by atoms with Gasteiger partial charge < -0.3 is 10.1 Å². The predicted octanol–water partition coefficient (Wildman–Crippen LogP) is 2.32. The van der Waals surface area contributed by atoms with E-state index in [1.165, 1.54) is 11.3 Å². The second-order valence-corrected chi connectivity index (χ2v) is 9.97. The van der Waals surface area contributed by atoms with Crippen molar-refractivity contribution in [1.82, 2.24) is 10.0 Å². The van der Waals surface area contributed by atoms with Gasteiger partial charge in [0.15, 0.2) is 0 Å². The summed E-state index contributed by atoms with van der Waals surface area (Å²) >= 11 is 4.79. The lowest BCUT2D eigenvalue weighted by molar-refractivity contribution is -0.0908. The van der Waals surface area contributed by atoms with Crippen molar-refractivity contribution in [3.8, 4) is 0 Å². The van der Waals surface area contributed by atoms with Crippen LogP contribution in [0.3, 0.4) is 0 Å². The summed E-state index contributed by atoms with van der Waals surface area (Å²) in [6, 6.07) is 1.61. The normalized spacial score (nSPS) is 24.8. The molecule has 2 atom stereocenters. The van der Waals surface area contributed by atoms with E-state index in [4.69, 9.17) is 4.74 Å². The van der Waals surface area contributed by atoms with Crippen molar-refractivity contribution >= 4 is 37.3 Å². The minimum absolute atomic E-state index is 0.0935. The molecule has 1 aliphatic rings. The summed E-state index contributed by atoms with van der Waals surface area (Å²) in [5, 5.41) is 3.02. The summed E-state index contributed by atoms with van der Waals surface area (Å²) in [6.45, 7) is 4.69. The quantitative estimate of drug-likeness (QED) is 0.773. The molecule has 120 valence electrons. The van der Waals surface area contributed by atoms with Crippen molar-refractivity contribution in [2.75, 3.05) is 14.2 Å². The summed E-state index contributed by atoms with van der Waals surface area (Å²) in [7, 11) is -0.0225. The Morgan fingerprint density at radius 3 is 2.71 bits per heavy atom. The van der Waals surface area contributed by atoms with Crippen LogP contribution in [0.2, 0.25) is 0 Å². The van der Waals surface area contributed by atoms with Crippen LogP contribution in [0.4, 0.5) is 0 Å². The first-order valence-corrected chi connectivity index (χ1v) is 9.79. The van der Waals surface area contributed by atoms with Crippen LogP contribution in [0.15, 0.2) is 14.7 Å². The van der Waals surface area contributed by atoms with E-state index >= 15 is 0 Å². The van der Waals surface area contributed by atoms with E-state index in [1.807, 2.05) is 20.9 Å². The van der Waals surface area contributed by atoms with Crippen LogP contribution in [0.1, 0.15) is 25.1 Å². The molecule has 1 heterocycles. The summed E-state index contributed by atoms with van der Waals surface area (Å²) in [5.41, 5.74) is -0.196. The van der Waals surface area contributed by atoms with Crippen LogP contribution in [0, 0.1) is 5.41 Å². The summed E-state index contributed by atoms with van der Waals surface area (Å²) in [6.07, 6.45) is 0.796. The second kappa shape index (κ2) is 6.25. The number of rotatable bonds is 6. The van der Waals surface area contributed by atoms with E-state index in [0.29, 0.717) is 21.6 Å². The van der Waals surface area contributed by atoms with Gasteiger partial charge in [-0.25, -0.2) is 13.1 Å². The number of sulfonamides is 1. The minimum Gasteiger partial charge on any atom is -0.381 e. The molecule has 0 spiro atoms. The molecule has 1 saturated carbocycles. The molecular formula is C13H21BrN2O3S2. The van der Waals surface area contributed by atoms with E-state index in [9.17, 15) is 8.42 Å². The van der Waals surface area contributed by atoms with Crippen LogP contribution >= 0.6 is 27.3 Å². The lowest BCUT2D eigenvalue weighted by Gasteiger charge is -2.50. The minimum atomic E-state index is -3.52. The summed E-state index contributed by atoms with van der Waals surface area (Å²) in [5.74, 6) is 0. The van der Waals surface area contributed by atoms with Crippen molar-refractivity contribution in [3.05, 3.63) is 14.7 Å². The molecule has 1 aromatic rings. The lowest BCUT2D eigenvalue weighted by atomic mass is 9.65. The molecule has 0 aliphatic heterocycles. The number of hydrogen-bond acceptors (Lipinski definition) is 5. The SMILES string of the molecule is CNCc1cc(S(=O)(=O)NC2CC(OC)C2(C)C)c(Br)s1. The van der Waals surface area contributed by atoms with Crippen LogP contribution in [-0.4, -0.2) is 34.7 Å². The second-order valence-electron chi connectivity index (χ2n) is 5.84. The van der Waals surface area contributed by atoms with Crippen molar-refractivity contribution in [2.45, 2.75) is 43.9 Å². The number of nitrogens with one attached hydrogen (secondary N) is 2. The van der Waals surface area contributed by atoms with Gasteiger partial charge in [0.25, 0.3) is 0 Å². The Bertz CT molecular complexity index is 613. The van der Waals surface area contributed by atoms with Gasteiger partial charge in [0.05, 0.1) is 9.89 Å². The summed E-state index contributed by atoms with van der Waals surface area (Å²) in [4.78, 5) is 1.29. The Morgan fingerprint density at radius 2 is 2.19 bits per heavy atom. The maximum atomic E-state index is 12.6. The van der Waals surface area contributed by atoms with Gasteiger partial charge in [-0.05, 0) is 35.5 Å². The standard InChI is InChI=1S/C13H21BrN2O3S2/c1-13(2)10(6-11(13)19-4)16-21(17,18)9-5-8(7-15-3)20-12(9)14/h5,10-11,15-16H,6-7H2,1-4H3. The maximum Gasteiger partial charge on any atom is 0.242 e. The van der Waals surface area contributed by atoms with Crippen LogP contribution in [-0.2, 0) is 21.3 Å². The molecule has 0 saturated heterocycles. The predicted molar refractivity (Wildman–Crippen MR) is 88.1 cm³/mol. The third-order valence-corrected chi connectivity index (χ3v) is 7.83. The Labute approximate surface area is 138 Å². The maximum absolute atomic E-state index is 12.6. The molecule has 5 nitrogen and oxygen atoms in total. The van der Waals surface area contributed by atoms with Crippen LogP contribution in [0.5, 0.6) is 0 Å². The third-order valence-electron chi connectivity index (χ3n) is 4.11. The molecule has 0 amide bonds. The highest BCUT2D eigenvalue weighted by Gasteiger charge is 2.50. The van der Waals surface area contributed by atoms with E-state index in [1.54, 1.807) is 13.2 Å². The molecule has 8 heteroatoms. The lowest BCUT2D eigenvalue weighted by Crippen LogP contribution is -2.61. The van der Waals surface area contributed by atoms with Crippen molar-refractivity contribution in [2.24, 2.45) is 5.41 Å². The molecular weight excluding hydrogens is 376 g/mol. The first-order chi connectivity index (χ1) is 9.72. The smallest absolute Gasteiger partial charge is 0.242 e. The molecule has 21 heavy (non-hydrogen) atoms. The van der Waals surface area contributed by atoms with E-state index < -0.39 is 10.0 Å². The topological polar surface area (TPSA) is 67.4 Å². The zero-order valence-electron chi connectivity index (χ0n) is 12.6. The average molecular weight is 397 g/mol. The van der Waals surface area contributed by atoms with Crippen molar-refractivity contribution in [3.63, 3.8) is 0 Å². The monoisotopic (exact) mass is 396 g/mol. The number of halogens is 1. The third kappa shape index (κ3) is 3.35. The van der Waals surface area contributed by atoms with E-state index in [0.717, 1.165) is 4.88 Å². The molecule has 0 radical (unpaired) electrons. The average Bonchev–Trinajstić information content (AvgIpc) is 2.76. The Morgan fingerprint density at radius 1 is 1.52 bits per heavy atom. The van der Waals surface area contributed by atoms with Gasteiger partial charge in [0.1, 0.15) is 4.90 Å². The van der Waals surface area contributed by atoms with Crippen molar-refractivity contribution in [1.29, 1.82) is 0 Å². The first-order valence-electron chi connectivity index (χ1n) is 6.70. The first kappa shape index (κ1) is 17.4.